The third kappa shape index (κ3) is 5.31. The largest absolute Gasteiger partial charge is 0.494 e. The molecule has 27 heavy (non-hydrogen) atoms. The lowest BCUT2D eigenvalue weighted by Crippen LogP contribution is -2.03. The van der Waals surface area contributed by atoms with Gasteiger partial charge in [-0.15, -0.1) is 0 Å². The maximum absolute atomic E-state index is 14.0. The highest BCUT2D eigenvalue weighted by molar-refractivity contribution is 5.63. The Morgan fingerprint density at radius 3 is 2.63 bits per heavy atom. The Bertz CT molecular complexity index is 886. The van der Waals surface area contributed by atoms with Crippen molar-refractivity contribution < 1.29 is 9.13 Å². The minimum Gasteiger partial charge on any atom is -0.494 e. The number of unbranched alkanes of at least 4 members (excludes halogenated alkanes) is 1. The van der Waals surface area contributed by atoms with Crippen molar-refractivity contribution in [3.63, 3.8) is 0 Å². The third-order valence-electron chi connectivity index (χ3n) is 3.77. The third-order valence-corrected chi connectivity index (χ3v) is 3.77. The zero-order chi connectivity index (χ0) is 19.1. The van der Waals surface area contributed by atoms with E-state index in [2.05, 4.69) is 27.5 Å². The van der Waals surface area contributed by atoms with E-state index in [1.807, 2.05) is 24.3 Å². The summed E-state index contributed by atoms with van der Waals surface area (Å²) in [7, 11) is 0. The minimum absolute atomic E-state index is 0.0672. The molecule has 1 aromatic heterocycles. The first kappa shape index (κ1) is 18.4. The summed E-state index contributed by atoms with van der Waals surface area (Å²) >= 11 is 0. The molecular formula is C20H22FN5O. The molecule has 0 aliphatic rings. The van der Waals surface area contributed by atoms with Crippen molar-refractivity contribution in [3.05, 3.63) is 60.5 Å². The molecule has 0 aliphatic carbocycles. The first-order valence-electron chi connectivity index (χ1n) is 8.79. The lowest BCUT2D eigenvalue weighted by atomic mass is 10.3. The van der Waals surface area contributed by atoms with Gasteiger partial charge in [-0.3, -0.25) is 0 Å². The molecule has 0 fully saturated rings. The summed E-state index contributed by atoms with van der Waals surface area (Å²) in [4.78, 5) is 8.18. The maximum Gasteiger partial charge on any atom is 0.229 e. The van der Waals surface area contributed by atoms with E-state index in [1.54, 1.807) is 24.3 Å². The second kappa shape index (κ2) is 8.84. The molecule has 0 bridgehead atoms. The van der Waals surface area contributed by atoms with Crippen LogP contribution in [0.4, 0.5) is 33.2 Å². The highest BCUT2D eigenvalue weighted by Crippen LogP contribution is 2.22. The van der Waals surface area contributed by atoms with Crippen LogP contribution in [0.25, 0.3) is 0 Å². The van der Waals surface area contributed by atoms with Crippen LogP contribution in [0.5, 0.6) is 5.75 Å². The van der Waals surface area contributed by atoms with E-state index in [0.29, 0.717) is 18.0 Å². The Kier molecular flexibility index (Phi) is 6.04. The van der Waals surface area contributed by atoms with Crippen LogP contribution in [-0.2, 0) is 0 Å². The number of hydrogen-bond acceptors (Lipinski definition) is 6. The van der Waals surface area contributed by atoms with Gasteiger partial charge in [0.05, 0.1) is 12.8 Å². The van der Waals surface area contributed by atoms with Crippen molar-refractivity contribution in [3.8, 4) is 5.75 Å². The van der Waals surface area contributed by atoms with Crippen molar-refractivity contribution in [2.24, 2.45) is 0 Å². The average Bonchev–Trinajstić information content (AvgIpc) is 2.66. The molecule has 0 saturated carbocycles. The Morgan fingerprint density at radius 1 is 1.07 bits per heavy atom. The van der Waals surface area contributed by atoms with Crippen molar-refractivity contribution in [2.75, 3.05) is 23.0 Å². The summed E-state index contributed by atoms with van der Waals surface area (Å²) in [6, 6.07) is 14.5. The van der Waals surface area contributed by atoms with Crippen molar-refractivity contribution >= 4 is 28.8 Å². The van der Waals surface area contributed by atoms with Gasteiger partial charge in [0.25, 0.3) is 0 Å². The standard InChI is InChI=1S/C20H22FN5O/c1-2-3-11-27-17-9-7-15(8-10-17)25-20-23-13-18(21)19(26-20)24-16-6-4-5-14(22)12-16/h4-10,12-13H,2-3,11,22H2,1H3,(H2,23,24,25,26). The van der Waals surface area contributed by atoms with Gasteiger partial charge >= 0.3 is 0 Å². The van der Waals surface area contributed by atoms with Crippen molar-refractivity contribution in [1.29, 1.82) is 0 Å². The molecular weight excluding hydrogens is 345 g/mol. The van der Waals surface area contributed by atoms with Gasteiger partial charge in [0.2, 0.25) is 5.95 Å². The predicted octanol–water partition coefficient (Wildman–Crippen LogP) is 4.86. The zero-order valence-electron chi connectivity index (χ0n) is 15.1. The Morgan fingerprint density at radius 2 is 1.89 bits per heavy atom. The topological polar surface area (TPSA) is 85.1 Å². The molecule has 140 valence electrons. The first-order chi connectivity index (χ1) is 13.1. The Labute approximate surface area is 157 Å². The molecule has 0 amide bonds. The first-order valence-corrected chi connectivity index (χ1v) is 8.79. The average molecular weight is 367 g/mol. The van der Waals surface area contributed by atoms with Crippen LogP contribution in [0, 0.1) is 5.82 Å². The van der Waals surface area contributed by atoms with Crippen LogP contribution < -0.4 is 21.1 Å². The molecule has 4 N–H and O–H groups in total. The second-order valence-electron chi connectivity index (χ2n) is 5.99. The Balaban J connectivity index is 1.68. The van der Waals surface area contributed by atoms with Crippen LogP contribution >= 0.6 is 0 Å². The number of hydrogen-bond donors (Lipinski definition) is 3. The van der Waals surface area contributed by atoms with Crippen LogP contribution in [0.2, 0.25) is 0 Å². The number of nitrogens with two attached hydrogens (primary N) is 1. The van der Waals surface area contributed by atoms with E-state index in [4.69, 9.17) is 10.5 Å². The molecule has 0 saturated heterocycles. The summed E-state index contributed by atoms with van der Waals surface area (Å²) in [5.41, 5.74) is 7.74. The molecule has 2 aromatic carbocycles. The molecule has 0 unspecified atom stereocenters. The number of aromatic nitrogens is 2. The number of nitrogen functional groups attached to an aromatic ring is 1. The highest BCUT2D eigenvalue weighted by atomic mass is 19.1. The van der Waals surface area contributed by atoms with Gasteiger partial charge in [0.15, 0.2) is 11.6 Å². The highest BCUT2D eigenvalue weighted by Gasteiger charge is 2.08. The summed E-state index contributed by atoms with van der Waals surface area (Å²) < 4.78 is 19.7. The van der Waals surface area contributed by atoms with Crippen LogP contribution in [-0.4, -0.2) is 16.6 Å². The quantitative estimate of drug-likeness (QED) is 0.389. The normalized spacial score (nSPS) is 10.4. The van der Waals surface area contributed by atoms with Crippen molar-refractivity contribution in [1.82, 2.24) is 9.97 Å². The van der Waals surface area contributed by atoms with Gasteiger partial charge in [-0.05, 0) is 48.9 Å². The van der Waals surface area contributed by atoms with Crippen LogP contribution in [0.3, 0.4) is 0 Å². The lowest BCUT2D eigenvalue weighted by molar-refractivity contribution is 0.309. The lowest BCUT2D eigenvalue weighted by Gasteiger charge is -2.10. The zero-order valence-corrected chi connectivity index (χ0v) is 15.1. The van der Waals surface area contributed by atoms with Crippen LogP contribution in [0.1, 0.15) is 19.8 Å². The summed E-state index contributed by atoms with van der Waals surface area (Å²) in [6.07, 6.45) is 3.23. The van der Waals surface area contributed by atoms with E-state index >= 15 is 0 Å². The fraction of sp³-hybridized carbons (Fsp3) is 0.200. The fourth-order valence-electron chi connectivity index (χ4n) is 2.37. The van der Waals surface area contributed by atoms with E-state index in [1.165, 1.54) is 0 Å². The number of nitrogens with zero attached hydrogens (tertiary/aromatic N) is 2. The maximum atomic E-state index is 14.0. The molecule has 6 nitrogen and oxygen atoms in total. The molecule has 7 heteroatoms. The van der Waals surface area contributed by atoms with Gasteiger partial charge in [-0.1, -0.05) is 19.4 Å². The number of rotatable bonds is 8. The van der Waals surface area contributed by atoms with Crippen LogP contribution in [0.15, 0.2) is 54.7 Å². The monoisotopic (exact) mass is 367 g/mol. The molecule has 3 aromatic rings. The number of benzene rings is 2. The predicted molar refractivity (Wildman–Crippen MR) is 106 cm³/mol. The number of halogens is 1. The van der Waals surface area contributed by atoms with Gasteiger partial charge in [0, 0.05) is 17.1 Å². The van der Waals surface area contributed by atoms with Gasteiger partial charge < -0.3 is 21.1 Å². The van der Waals surface area contributed by atoms with E-state index in [0.717, 1.165) is 30.5 Å². The molecule has 0 radical (unpaired) electrons. The molecule has 3 rings (SSSR count). The van der Waals surface area contributed by atoms with Gasteiger partial charge in [0.1, 0.15) is 5.75 Å². The van der Waals surface area contributed by atoms with Gasteiger partial charge in [-0.25, -0.2) is 9.37 Å². The van der Waals surface area contributed by atoms with Gasteiger partial charge in [-0.2, -0.15) is 4.98 Å². The van der Waals surface area contributed by atoms with E-state index in [9.17, 15) is 4.39 Å². The SMILES string of the molecule is CCCCOc1ccc(Nc2ncc(F)c(Nc3cccc(N)c3)n2)cc1. The molecule has 1 heterocycles. The molecule has 0 aliphatic heterocycles. The Hall–Kier alpha value is -3.35. The summed E-state index contributed by atoms with van der Waals surface area (Å²) in [6.45, 7) is 2.82. The van der Waals surface area contributed by atoms with E-state index in [-0.39, 0.29) is 11.8 Å². The molecule has 0 spiro atoms. The number of ether oxygens (including phenoxy) is 1. The smallest absolute Gasteiger partial charge is 0.229 e. The number of anilines is 5. The second-order valence-corrected chi connectivity index (χ2v) is 5.99. The molecule has 0 atom stereocenters. The minimum atomic E-state index is -0.553. The fourth-order valence-corrected chi connectivity index (χ4v) is 2.37. The number of nitrogens with one attached hydrogen (secondary N) is 2. The summed E-state index contributed by atoms with van der Waals surface area (Å²) in [5, 5.41) is 5.96. The summed E-state index contributed by atoms with van der Waals surface area (Å²) in [5.74, 6) is 0.598. The van der Waals surface area contributed by atoms with Crippen molar-refractivity contribution in [2.45, 2.75) is 19.8 Å². The van der Waals surface area contributed by atoms with E-state index < -0.39 is 5.82 Å².